The van der Waals surface area contributed by atoms with Crippen molar-refractivity contribution in [1.29, 1.82) is 0 Å². The molecule has 0 unspecified atom stereocenters. The second kappa shape index (κ2) is 6.51. The Morgan fingerprint density at radius 3 is 2.65 bits per heavy atom. The lowest BCUT2D eigenvalue weighted by Gasteiger charge is -2.37. The molecule has 0 bridgehead atoms. The van der Waals surface area contributed by atoms with E-state index in [2.05, 4.69) is 42.3 Å². The number of fused-ring (bicyclic) bond motifs is 1. The van der Waals surface area contributed by atoms with Gasteiger partial charge in [-0.2, -0.15) is 0 Å². The highest BCUT2D eigenvalue weighted by molar-refractivity contribution is 5.75. The van der Waals surface area contributed by atoms with Crippen molar-refractivity contribution in [2.24, 2.45) is 0 Å². The van der Waals surface area contributed by atoms with E-state index >= 15 is 0 Å². The van der Waals surface area contributed by atoms with Crippen LogP contribution in [0.1, 0.15) is 51.2 Å². The highest BCUT2D eigenvalue weighted by Gasteiger charge is 2.33. The quantitative estimate of drug-likeness (QED) is 0.859. The fraction of sp³-hybridized carbons (Fsp3) is 0.765. The van der Waals surface area contributed by atoms with E-state index in [-0.39, 0.29) is 12.1 Å². The summed E-state index contributed by atoms with van der Waals surface area (Å²) in [4.78, 5) is 23.6. The summed E-state index contributed by atoms with van der Waals surface area (Å²) < 4.78 is 2.30. The van der Waals surface area contributed by atoms with Crippen LogP contribution in [0.5, 0.6) is 0 Å². The van der Waals surface area contributed by atoms with Gasteiger partial charge in [0.2, 0.25) is 0 Å². The van der Waals surface area contributed by atoms with Gasteiger partial charge in [-0.1, -0.05) is 0 Å². The van der Waals surface area contributed by atoms with Gasteiger partial charge in [-0.25, -0.2) is 9.78 Å². The summed E-state index contributed by atoms with van der Waals surface area (Å²) in [5.41, 5.74) is 1.25. The summed E-state index contributed by atoms with van der Waals surface area (Å²) in [6.45, 7) is 10.8. The number of imidazole rings is 1. The SMILES string of the molecule is CC(C)N(C)Cc1cnc2n1CCN(C(=O)N1CCCC1)[C@H]2C. The predicted octanol–water partition coefficient (Wildman–Crippen LogP) is 2.32. The lowest BCUT2D eigenvalue weighted by molar-refractivity contribution is 0.128. The number of aromatic nitrogens is 2. The molecule has 1 atom stereocenters. The fourth-order valence-electron chi connectivity index (χ4n) is 3.48. The Balaban J connectivity index is 1.74. The molecule has 1 saturated heterocycles. The van der Waals surface area contributed by atoms with E-state index in [0.717, 1.165) is 51.4 Å². The van der Waals surface area contributed by atoms with E-state index < -0.39 is 0 Å². The van der Waals surface area contributed by atoms with Crippen molar-refractivity contribution in [1.82, 2.24) is 24.3 Å². The van der Waals surface area contributed by atoms with Gasteiger partial charge in [0.25, 0.3) is 0 Å². The Hall–Kier alpha value is -1.56. The standard InChI is InChI=1S/C17H29N5O/c1-13(2)19(4)12-15-11-18-16-14(3)21(9-10-22(15)16)17(23)20-7-5-6-8-20/h11,13-14H,5-10,12H2,1-4H3/t14-/m0/s1. The number of hydrogen-bond donors (Lipinski definition) is 0. The van der Waals surface area contributed by atoms with Crippen molar-refractivity contribution < 1.29 is 4.79 Å². The van der Waals surface area contributed by atoms with Crippen LogP contribution in [0.4, 0.5) is 4.79 Å². The van der Waals surface area contributed by atoms with Gasteiger partial charge in [0, 0.05) is 45.0 Å². The molecule has 1 fully saturated rings. The molecule has 23 heavy (non-hydrogen) atoms. The second-order valence-corrected chi connectivity index (χ2v) is 7.11. The zero-order valence-electron chi connectivity index (χ0n) is 14.8. The number of urea groups is 1. The van der Waals surface area contributed by atoms with Crippen molar-refractivity contribution >= 4 is 6.03 Å². The van der Waals surface area contributed by atoms with Gasteiger partial charge in [-0.15, -0.1) is 0 Å². The maximum atomic E-state index is 12.7. The summed E-state index contributed by atoms with van der Waals surface area (Å²) in [6, 6.07) is 0.746. The van der Waals surface area contributed by atoms with Gasteiger partial charge in [-0.3, -0.25) is 4.90 Å². The molecule has 1 aromatic heterocycles. The summed E-state index contributed by atoms with van der Waals surface area (Å²) in [6.07, 6.45) is 4.25. The Morgan fingerprint density at radius 2 is 2.00 bits per heavy atom. The topological polar surface area (TPSA) is 44.6 Å². The van der Waals surface area contributed by atoms with Crippen molar-refractivity contribution in [3.05, 3.63) is 17.7 Å². The van der Waals surface area contributed by atoms with Crippen LogP contribution in [0, 0.1) is 0 Å². The molecule has 128 valence electrons. The summed E-state index contributed by atoms with van der Waals surface area (Å²) in [5, 5.41) is 0. The summed E-state index contributed by atoms with van der Waals surface area (Å²) >= 11 is 0. The smallest absolute Gasteiger partial charge is 0.320 e. The number of hydrogen-bond acceptors (Lipinski definition) is 3. The van der Waals surface area contributed by atoms with E-state index in [1.807, 2.05) is 16.0 Å². The van der Waals surface area contributed by atoms with Gasteiger partial charge in [0.1, 0.15) is 5.82 Å². The molecule has 0 radical (unpaired) electrons. The minimum atomic E-state index is 0.0509. The molecule has 0 saturated carbocycles. The third-order valence-electron chi connectivity index (χ3n) is 5.29. The van der Waals surface area contributed by atoms with Crippen molar-refractivity contribution in [2.45, 2.75) is 58.8 Å². The van der Waals surface area contributed by atoms with Crippen LogP contribution in [0.3, 0.4) is 0 Å². The number of rotatable bonds is 3. The molecule has 3 rings (SSSR count). The number of nitrogens with zero attached hydrogens (tertiary/aromatic N) is 5. The zero-order valence-corrected chi connectivity index (χ0v) is 14.8. The first-order chi connectivity index (χ1) is 11.0. The molecule has 1 aromatic rings. The highest BCUT2D eigenvalue weighted by Crippen LogP contribution is 2.27. The van der Waals surface area contributed by atoms with Crippen LogP contribution < -0.4 is 0 Å². The van der Waals surface area contributed by atoms with Crippen molar-refractivity contribution in [2.75, 3.05) is 26.7 Å². The number of likely N-dealkylation sites (tertiary alicyclic amines) is 1. The maximum absolute atomic E-state index is 12.7. The normalized spacial score (nSPS) is 21.4. The largest absolute Gasteiger partial charge is 0.327 e. The third kappa shape index (κ3) is 3.09. The van der Waals surface area contributed by atoms with Crippen LogP contribution in [0.25, 0.3) is 0 Å². The van der Waals surface area contributed by atoms with Crippen LogP contribution in [0.15, 0.2) is 6.20 Å². The van der Waals surface area contributed by atoms with Crippen LogP contribution in [-0.4, -0.2) is 63.0 Å². The van der Waals surface area contributed by atoms with Gasteiger partial charge in [0.15, 0.2) is 0 Å². The van der Waals surface area contributed by atoms with E-state index in [1.165, 1.54) is 5.69 Å². The van der Waals surface area contributed by atoms with Crippen molar-refractivity contribution in [3.8, 4) is 0 Å². The first-order valence-corrected chi connectivity index (χ1v) is 8.79. The minimum absolute atomic E-state index is 0.0509. The minimum Gasteiger partial charge on any atom is -0.327 e. The van der Waals surface area contributed by atoms with Crippen LogP contribution >= 0.6 is 0 Å². The molecule has 6 heteroatoms. The molecule has 3 heterocycles. The molecule has 2 aliphatic heterocycles. The molecule has 0 spiro atoms. The predicted molar refractivity (Wildman–Crippen MR) is 90.2 cm³/mol. The molecular formula is C17H29N5O. The van der Waals surface area contributed by atoms with Crippen LogP contribution in [0.2, 0.25) is 0 Å². The molecular weight excluding hydrogens is 290 g/mol. The van der Waals surface area contributed by atoms with Crippen molar-refractivity contribution in [3.63, 3.8) is 0 Å². The molecule has 0 aromatic carbocycles. The van der Waals surface area contributed by atoms with Gasteiger partial charge >= 0.3 is 6.03 Å². The van der Waals surface area contributed by atoms with E-state index in [1.54, 1.807) is 0 Å². The Bertz CT molecular complexity index is 561. The molecule has 0 N–H and O–H groups in total. The maximum Gasteiger partial charge on any atom is 0.320 e. The lowest BCUT2D eigenvalue weighted by Crippen LogP contribution is -2.47. The molecule has 2 aliphatic rings. The number of amides is 2. The van der Waals surface area contributed by atoms with E-state index in [4.69, 9.17) is 0 Å². The molecule has 0 aliphatic carbocycles. The average molecular weight is 319 g/mol. The zero-order chi connectivity index (χ0) is 16.6. The monoisotopic (exact) mass is 319 g/mol. The van der Waals surface area contributed by atoms with Crippen LogP contribution in [-0.2, 0) is 13.1 Å². The summed E-state index contributed by atoms with van der Waals surface area (Å²) in [7, 11) is 2.14. The number of carbonyl (C=O) groups is 1. The van der Waals surface area contributed by atoms with E-state index in [9.17, 15) is 4.79 Å². The van der Waals surface area contributed by atoms with Gasteiger partial charge in [-0.05, 0) is 40.7 Å². The Morgan fingerprint density at radius 1 is 1.30 bits per heavy atom. The van der Waals surface area contributed by atoms with E-state index in [0.29, 0.717) is 6.04 Å². The Kier molecular flexibility index (Phi) is 4.62. The van der Waals surface area contributed by atoms with Gasteiger partial charge < -0.3 is 14.4 Å². The lowest BCUT2D eigenvalue weighted by atomic mass is 10.2. The van der Waals surface area contributed by atoms with Gasteiger partial charge in [0.05, 0.1) is 11.7 Å². The average Bonchev–Trinajstić information content (AvgIpc) is 3.17. The highest BCUT2D eigenvalue weighted by atomic mass is 16.2. The summed E-state index contributed by atoms with van der Waals surface area (Å²) in [5.74, 6) is 1.02. The number of carbonyl (C=O) groups excluding carboxylic acids is 1. The Labute approximate surface area is 139 Å². The third-order valence-corrected chi connectivity index (χ3v) is 5.29. The molecule has 6 nitrogen and oxygen atoms in total. The first kappa shape index (κ1) is 16.3. The second-order valence-electron chi connectivity index (χ2n) is 7.11. The fourth-order valence-corrected chi connectivity index (χ4v) is 3.48. The molecule has 2 amide bonds. The first-order valence-electron chi connectivity index (χ1n) is 8.79.